The fraction of sp³-hybridized carbons (Fsp3) is 0.240. The number of hydrogen-bond acceptors (Lipinski definition) is 6. The van der Waals surface area contributed by atoms with Crippen molar-refractivity contribution in [1.29, 1.82) is 5.26 Å². The average Bonchev–Trinajstić information content (AvgIpc) is 3.59. The lowest BCUT2D eigenvalue weighted by atomic mass is 9.97. The van der Waals surface area contributed by atoms with E-state index in [9.17, 15) is 18.8 Å². The number of hydrogen-bond donors (Lipinski definition) is 1. The number of benzene rings is 1. The van der Waals surface area contributed by atoms with Crippen LogP contribution in [-0.2, 0) is 0 Å². The van der Waals surface area contributed by atoms with Crippen LogP contribution in [0.2, 0.25) is 5.02 Å². The Labute approximate surface area is 213 Å². The molecule has 12 heteroatoms. The molecule has 9 nitrogen and oxygen atoms in total. The lowest BCUT2D eigenvalue weighted by Crippen LogP contribution is -2.38. The predicted octanol–water partition coefficient (Wildman–Crippen LogP) is 4.14. The first-order chi connectivity index (χ1) is 17.9. The van der Waals surface area contributed by atoms with Crippen LogP contribution in [0, 0.1) is 17.1 Å². The number of halogens is 3. The summed E-state index contributed by atoms with van der Waals surface area (Å²) in [5, 5.41) is 15.0. The van der Waals surface area contributed by atoms with E-state index in [-0.39, 0.29) is 29.2 Å². The van der Waals surface area contributed by atoms with E-state index in [4.69, 9.17) is 11.6 Å². The van der Waals surface area contributed by atoms with Crippen molar-refractivity contribution >= 4 is 34.0 Å². The summed E-state index contributed by atoms with van der Waals surface area (Å²) in [6, 6.07) is 8.83. The Morgan fingerprint density at radius 2 is 2.14 bits per heavy atom. The number of nitrogens with one attached hydrogen (secondary N) is 1. The third-order valence-corrected chi connectivity index (χ3v) is 7.15. The molecule has 1 aromatic carbocycles. The summed E-state index contributed by atoms with van der Waals surface area (Å²) in [5.74, 6) is -0.309. The molecule has 5 aromatic rings. The van der Waals surface area contributed by atoms with E-state index in [2.05, 4.69) is 26.1 Å². The van der Waals surface area contributed by atoms with Crippen molar-refractivity contribution in [3.63, 3.8) is 0 Å². The second kappa shape index (κ2) is 8.67. The third-order valence-electron chi connectivity index (χ3n) is 6.85. The summed E-state index contributed by atoms with van der Waals surface area (Å²) in [4.78, 5) is 27.0. The van der Waals surface area contributed by atoms with Crippen molar-refractivity contribution in [1.82, 2.24) is 29.1 Å². The molecule has 1 N–H and O–H groups in total. The van der Waals surface area contributed by atoms with E-state index in [0.29, 0.717) is 28.2 Å². The summed E-state index contributed by atoms with van der Waals surface area (Å²) in [6.45, 7) is 1.88. The van der Waals surface area contributed by atoms with Crippen molar-refractivity contribution in [2.45, 2.75) is 31.5 Å². The first-order valence-corrected chi connectivity index (χ1v) is 11.9. The molecule has 3 atom stereocenters. The van der Waals surface area contributed by atoms with Crippen molar-refractivity contribution in [3.8, 4) is 11.8 Å². The summed E-state index contributed by atoms with van der Waals surface area (Å²) in [5.41, 5.74) is 0.769. The van der Waals surface area contributed by atoms with E-state index in [1.165, 1.54) is 39.8 Å². The van der Waals surface area contributed by atoms with Crippen LogP contribution in [0.1, 0.15) is 30.7 Å². The van der Waals surface area contributed by atoms with Crippen LogP contribution < -0.4 is 10.5 Å². The Bertz CT molecular complexity index is 1770. The van der Waals surface area contributed by atoms with E-state index in [1.54, 1.807) is 23.2 Å². The van der Waals surface area contributed by atoms with Crippen LogP contribution in [0.3, 0.4) is 0 Å². The minimum absolute atomic E-state index is 0.0406. The lowest BCUT2D eigenvalue weighted by Gasteiger charge is -2.31. The number of rotatable bonds is 4. The van der Waals surface area contributed by atoms with E-state index >= 15 is 0 Å². The van der Waals surface area contributed by atoms with Crippen LogP contribution in [0.4, 0.5) is 14.6 Å². The van der Waals surface area contributed by atoms with Crippen LogP contribution in [-0.4, -0.2) is 47.9 Å². The van der Waals surface area contributed by atoms with Gasteiger partial charge < -0.3 is 9.88 Å². The Hall–Kier alpha value is -4.30. The van der Waals surface area contributed by atoms with Gasteiger partial charge in [0.1, 0.15) is 47.2 Å². The molecule has 1 aliphatic heterocycles. The summed E-state index contributed by atoms with van der Waals surface area (Å²) < 4.78 is 31.9. The quantitative estimate of drug-likeness (QED) is 0.381. The molecule has 1 fully saturated rings. The van der Waals surface area contributed by atoms with Crippen molar-refractivity contribution in [3.05, 3.63) is 81.6 Å². The van der Waals surface area contributed by atoms with Gasteiger partial charge in [-0.25, -0.2) is 23.3 Å². The van der Waals surface area contributed by atoms with Gasteiger partial charge in [-0.15, -0.1) is 0 Å². The Kier molecular flexibility index (Phi) is 5.42. The molecule has 0 spiro atoms. The molecular weight excluding hydrogens is 502 g/mol. The zero-order chi connectivity index (χ0) is 25.8. The normalized spacial score (nSPS) is 18.5. The minimum Gasteiger partial charge on any atom is -0.349 e. The highest BCUT2D eigenvalue weighted by Gasteiger charge is 2.40. The van der Waals surface area contributed by atoms with Gasteiger partial charge in [0.05, 0.1) is 28.2 Å². The van der Waals surface area contributed by atoms with Crippen molar-refractivity contribution in [2.75, 3.05) is 11.4 Å². The van der Waals surface area contributed by atoms with Gasteiger partial charge in [-0.05, 0) is 24.3 Å². The fourth-order valence-corrected chi connectivity index (χ4v) is 5.39. The molecule has 1 saturated heterocycles. The number of anilines is 1. The number of aromatic amines is 1. The fourth-order valence-electron chi connectivity index (χ4n) is 5.16. The van der Waals surface area contributed by atoms with Gasteiger partial charge in [0.2, 0.25) is 0 Å². The third kappa shape index (κ3) is 3.64. The van der Waals surface area contributed by atoms with Crippen molar-refractivity contribution in [2.24, 2.45) is 0 Å². The zero-order valence-electron chi connectivity index (χ0n) is 19.4. The molecule has 6 rings (SSSR count). The Morgan fingerprint density at radius 3 is 2.92 bits per heavy atom. The highest BCUT2D eigenvalue weighted by Crippen LogP contribution is 2.38. The molecule has 186 valence electrons. The molecule has 5 heterocycles. The number of H-pyrrole nitrogens is 1. The number of nitrogens with zero attached hydrogens (tertiary/aromatic N) is 7. The lowest BCUT2D eigenvalue weighted by molar-refractivity contribution is 0.349. The first kappa shape index (κ1) is 23.1. The standard InChI is InChI=1S/C25H19ClF2N8O/c1-13(19-8-16(28)11-34(19)24-20-14(9-29)10-30-22(20)31-12-32-24)23-33-35-6-5-18(26)21(35)25(37)36(23)17-4-2-3-15(27)7-17/h2-7,10,12-13,16,19H,8,11H2,1H3,(H,30,31,32). The summed E-state index contributed by atoms with van der Waals surface area (Å²) in [7, 11) is 0. The Balaban J connectivity index is 1.54. The molecule has 0 bridgehead atoms. The SMILES string of the molecule is CC(c1nn2ccc(Cl)c2c(=O)n1-c1cccc(F)c1)C1CC(F)CN1c1ncnc2[nH]cc(C#N)c12. The number of aromatic nitrogens is 6. The predicted molar refractivity (Wildman–Crippen MR) is 133 cm³/mol. The maximum Gasteiger partial charge on any atom is 0.284 e. The average molecular weight is 521 g/mol. The second-order valence-electron chi connectivity index (χ2n) is 9.01. The van der Waals surface area contributed by atoms with Gasteiger partial charge >= 0.3 is 0 Å². The van der Waals surface area contributed by atoms with Crippen LogP contribution >= 0.6 is 11.6 Å². The second-order valence-corrected chi connectivity index (χ2v) is 9.42. The molecule has 4 aromatic heterocycles. The number of fused-ring (bicyclic) bond motifs is 2. The molecule has 0 amide bonds. The number of alkyl halides is 1. The topological polar surface area (TPSA) is 108 Å². The zero-order valence-corrected chi connectivity index (χ0v) is 20.2. The van der Waals surface area contributed by atoms with Gasteiger partial charge in [-0.2, -0.15) is 10.4 Å². The molecule has 0 saturated carbocycles. The van der Waals surface area contributed by atoms with Gasteiger partial charge in [-0.1, -0.05) is 24.6 Å². The minimum atomic E-state index is -1.18. The highest BCUT2D eigenvalue weighted by molar-refractivity contribution is 6.33. The molecular formula is C25H19ClF2N8O. The van der Waals surface area contributed by atoms with E-state index in [1.807, 2.05) is 6.92 Å². The maximum atomic E-state index is 15.0. The largest absolute Gasteiger partial charge is 0.349 e. The van der Waals surface area contributed by atoms with Gasteiger partial charge in [0, 0.05) is 30.8 Å². The van der Waals surface area contributed by atoms with Gasteiger partial charge in [0.15, 0.2) is 0 Å². The molecule has 3 unspecified atom stereocenters. The molecule has 37 heavy (non-hydrogen) atoms. The molecule has 0 aliphatic carbocycles. The van der Waals surface area contributed by atoms with Crippen LogP contribution in [0.15, 0.2) is 53.8 Å². The Morgan fingerprint density at radius 1 is 1.30 bits per heavy atom. The first-order valence-electron chi connectivity index (χ1n) is 11.6. The molecule has 0 radical (unpaired) electrons. The highest BCUT2D eigenvalue weighted by atomic mass is 35.5. The van der Waals surface area contributed by atoms with Crippen molar-refractivity contribution < 1.29 is 8.78 Å². The van der Waals surface area contributed by atoms with E-state index in [0.717, 1.165) is 0 Å². The van der Waals surface area contributed by atoms with Crippen LogP contribution in [0.5, 0.6) is 0 Å². The summed E-state index contributed by atoms with van der Waals surface area (Å²) in [6.07, 6.45) is 3.43. The smallest absolute Gasteiger partial charge is 0.284 e. The maximum absolute atomic E-state index is 15.0. The van der Waals surface area contributed by atoms with Gasteiger partial charge in [0.25, 0.3) is 5.56 Å². The monoisotopic (exact) mass is 520 g/mol. The number of nitriles is 1. The summed E-state index contributed by atoms with van der Waals surface area (Å²) >= 11 is 6.27. The molecule has 1 aliphatic rings. The van der Waals surface area contributed by atoms with Gasteiger partial charge in [-0.3, -0.25) is 9.36 Å². The van der Waals surface area contributed by atoms with E-state index < -0.39 is 29.5 Å². The van der Waals surface area contributed by atoms with Crippen LogP contribution in [0.25, 0.3) is 22.2 Å².